The fourth-order valence-electron chi connectivity index (χ4n) is 2.33. The van der Waals surface area contributed by atoms with Crippen molar-refractivity contribution in [2.75, 3.05) is 0 Å². The molecule has 1 aromatic heterocycles. The molecule has 16 heavy (non-hydrogen) atoms. The first-order chi connectivity index (χ1) is 7.66. The maximum absolute atomic E-state index is 10.8. The van der Waals surface area contributed by atoms with Crippen LogP contribution >= 0.6 is 11.3 Å². The lowest BCUT2D eigenvalue weighted by molar-refractivity contribution is -0.141. The van der Waals surface area contributed by atoms with Crippen molar-refractivity contribution in [3.05, 3.63) is 16.6 Å². The number of aliphatic hydroxyl groups is 1. The van der Waals surface area contributed by atoms with Crippen molar-refractivity contribution in [1.29, 1.82) is 0 Å². The van der Waals surface area contributed by atoms with E-state index in [2.05, 4.69) is 4.98 Å². The Labute approximate surface area is 98.0 Å². The van der Waals surface area contributed by atoms with Crippen LogP contribution in [0, 0.1) is 11.8 Å². The average molecular weight is 241 g/mol. The van der Waals surface area contributed by atoms with Crippen LogP contribution in [0.2, 0.25) is 0 Å². The number of hydrogen-bond acceptors (Lipinski definition) is 4. The maximum atomic E-state index is 10.8. The highest BCUT2D eigenvalue weighted by Gasteiger charge is 2.31. The van der Waals surface area contributed by atoms with Crippen LogP contribution < -0.4 is 0 Å². The standard InChI is InChI=1S/C11H15NO3S/c13-9(10-12-3-4-16-10)6-7-1-2-8(5-7)11(14)15/h3-4,7-9,13H,1-2,5-6H2,(H,14,15). The van der Waals surface area contributed by atoms with Crippen molar-refractivity contribution in [2.45, 2.75) is 31.8 Å². The molecule has 4 nitrogen and oxygen atoms in total. The number of aromatic nitrogens is 1. The summed E-state index contributed by atoms with van der Waals surface area (Å²) in [7, 11) is 0. The van der Waals surface area contributed by atoms with Gasteiger partial charge in [-0.05, 0) is 31.6 Å². The highest BCUT2D eigenvalue weighted by Crippen LogP contribution is 2.37. The van der Waals surface area contributed by atoms with E-state index in [1.54, 1.807) is 6.20 Å². The molecule has 1 aromatic rings. The van der Waals surface area contributed by atoms with E-state index in [4.69, 9.17) is 5.11 Å². The van der Waals surface area contributed by atoms with Gasteiger partial charge in [0.25, 0.3) is 0 Å². The van der Waals surface area contributed by atoms with Gasteiger partial charge in [-0.1, -0.05) is 0 Å². The van der Waals surface area contributed by atoms with Gasteiger partial charge in [-0.3, -0.25) is 4.79 Å². The number of thiazole rings is 1. The zero-order valence-electron chi connectivity index (χ0n) is 8.87. The number of carboxylic acid groups (broad SMARTS) is 1. The van der Waals surface area contributed by atoms with Crippen LogP contribution in [-0.4, -0.2) is 21.2 Å². The Hall–Kier alpha value is -0.940. The van der Waals surface area contributed by atoms with Gasteiger partial charge >= 0.3 is 5.97 Å². The molecule has 1 aliphatic rings. The Morgan fingerprint density at radius 3 is 3.00 bits per heavy atom. The van der Waals surface area contributed by atoms with Crippen molar-refractivity contribution in [2.24, 2.45) is 11.8 Å². The van der Waals surface area contributed by atoms with Crippen molar-refractivity contribution >= 4 is 17.3 Å². The Balaban J connectivity index is 1.85. The Morgan fingerprint density at radius 1 is 1.62 bits per heavy atom. The second-order valence-corrected chi connectivity index (χ2v) is 5.26. The smallest absolute Gasteiger partial charge is 0.306 e. The van der Waals surface area contributed by atoms with Crippen LogP contribution in [-0.2, 0) is 4.79 Å². The highest BCUT2D eigenvalue weighted by molar-refractivity contribution is 7.09. The number of carboxylic acids is 1. The van der Waals surface area contributed by atoms with E-state index in [9.17, 15) is 9.90 Å². The minimum atomic E-state index is -0.703. The molecule has 0 bridgehead atoms. The topological polar surface area (TPSA) is 70.4 Å². The minimum absolute atomic E-state index is 0.214. The Morgan fingerprint density at radius 2 is 2.44 bits per heavy atom. The third-order valence-electron chi connectivity index (χ3n) is 3.18. The van der Waals surface area contributed by atoms with Gasteiger partial charge in [0.05, 0.1) is 5.92 Å². The number of aliphatic carboxylic acids is 1. The van der Waals surface area contributed by atoms with Crippen molar-refractivity contribution in [3.63, 3.8) is 0 Å². The van der Waals surface area contributed by atoms with Gasteiger partial charge in [0, 0.05) is 11.6 Å². The van der Waals surface area contributed by atoms with Crippen LogP contribution in [0.4, 0.5) is 0 Å². The second kappa shape index (κ2) is 4.93. The number of rotatable bonds is 4. The molecule has 3 unspecified atom stereocenters. The summed E-state index contributed by atoms with van der Waals surface area (Å²) in [4.78, 5) is 14.9. The van der Waals surface area contributed by atoms with Crippen molar-refractivity contribution in [3.8, 4) is 0 Å². The molecule has 88 valence electrons. The maximum Gasteiger partial charge on any atom is 0.306 e. The number of nitrogens with zero attached hydrogens (tertiary/aromatic N) is 1. The summed E-state index contributed by atoms with van der Waals surface area (Å²) in [5.41, 5.74) is 0. The molecule has 2 rings (SSSR count). The summed E-state index contributed by atoms with van der Waals surface area (Å²) >= 11 is 1.44. The first kappa shape index (κ1) is 11.5. The summed E-state index contributed by atoms with van der Waals surface area (Å²) in [5, 5.41) is 21.3. The number of aliphatic hydroxyl groups excluding tert-OH is 1. The Kier molecular flexibility index (Phi) is 3.56. The summed E-state index contributed by atoms with van der Waals surface area (Å²) in [6, 6.07) is 0. The molecule has 5 heteroatoms. The lowest BCUT2D eigenvalue weighted by Crippen LogP contribution is -2.10. The van der Waals surface area contributed by atoms with E-state index < -0.39 is 12.1 Å². The number of carbonyl (C=O) groups is 1. The van der Waals surface area contributed by atoms with Gasteiger partial charge in [-0.25, -0.2) is 4.98 Å². The van der Waals surface area contributed by atoms with Crippen LogP contribution in [0.3, 0.4) is 0 Å². The van der Waals surface area contributed by atoms with Crippen LogP contribution in [0.15, 0.2) is 11.6 Å². The minimum Gasteiger partial charge on any atom is -0.481 e. The fourth-order valence-corrected chi connectivity index (χ4v) is 2.97. The average Bonchev–Trinajstić information content (AvgIpc) is 2.87. The van der Waals surface area contributed by atoms with Gasteiger partial charge in [-0.2, -0.15) is 0 Å². The molecule has 0 spiro atoms. The van der Waals surface area contributed by atoms with E-state index in [0.29, 0.717) is 18.8 Å². The molecule has 3 atom stereocenters. The van der Waals surface area contributed by atoms with Gasteiger partial charge in [0.15, 0.2) is 0 Å². The van der Waals surface area contributed by atoms with Gasteiger partial charge in [0.2, 0.25) is 0 Å². The van der Waals surface area contributed by atoms with Crippen LogP contribution in [0.1, 0.15) is 36.8 Å². The lowest BCUT2D eigenvalue weighted by atomic mass is 9.98. The van der Waals surface area contributed by atoms with Gasteiger partial charge in [0.1, 0.15) is 11.1 Å². The fraction of sp³-hybridized carbons (Fsp3) is 0.636. The predicted octanol–water partition coefficient (Wildman–Crippen LogP) is 2.07. The molecule has 0 amide bonds. The zero-order valence-corrected chi connectivity index (χ0v) is 9.69. The molecule has 2 N–H and O–H groups in total. The molecule has 1 heterocycles. The molecule has 1 saturated carbocycles. The third kappa shape index (κ3) is 2.59. The molecule has 1 aliphatic carbocycles. The lowest BCUT2D eigenvalue weighted by Gasteiger charge is -2.13. The summed E-state index contributed by atoms with van der Waals surface area (Å²) in [6.45, 7) is 0. The summed E-state index contributed by atoms with van der Waals surface area (Å²) in [5.74, 6) is -0.597. The first-order valence-corrected chi connectivity index (χ1v) is 6.35. The molecule has 0 aromatic carbocycles. The van der Waals surface area contributed by atoms with E-state index in [1.165, 1.54) is 11.3 Å². The summed E-state index contributed by atoms with van der Waals surface area (Å²) < 4.78 is 0. The quantitative estimate of drug-likeness (QED) is 0.846. The Bertz CT molecular complexity index is 352. The normalized spacial score (nSPS) is 26.8. The van der Waals surface area contributed by atoms with Gasteiger partial charge < -0.3 is 10.2 Å². The number of hydrogen-bond donors (Lipinski definition) is 2. The van der Waals surface area contributed by atoms with Crippen molar-refractivity contribution < 1.29 is 15.0 Å². The van der Waals surface area contributed by atoms with Gasteiger partial charge in [-0.15, -0.1) is 11.3 Å². The molecule has 0 saturated heterocycles. The van der Waals surface area contributed by atoms with E-state index in [-0.39, 0.29) is 5.92 Å². The molecule has 0 radical (unpaired) electrons. The van der Waals surface area contributed by atoms with E-state index in [1.807, 2.05) is 5.38 Å². The van der Waals surface area contributed by atoms with Crippen LogP contribution in [0.5, 0.6) is 0 Å². The molecule has 1 fully saturated rings. The molecule has 0 aliphatic heterocycles. The largest absolute Gasteiger partial charge is 0.481 e. The highest BCUT2D eigenvalue weighted by atomic mass is 32.1. The second-order valence-electron chi connectivity index (χ2n) is 4.34. The zero-order chi connectivity index (χ0) is 11.5. The van der Waals surface area contributed by atoms with Crippen LogP contribution in [0.25, 0.3) is 0 Å². The first-order valence-electron chi connectivity index (χ1n) is 5.47. The monoisotopic (exact) mass is 241 g/mol. The summed E-state index contributed by atoms with van der Waals surface area (Å²) in [6.07, 6.45) is 4.12. The van der Waals surface area contributed by atoms with E-state index in [0.717, 1.165) is 17.8 Å². The SMILES string of the molecule is O=C(O)C1CCC(CC(O)c2nccs2)C1. The van der Waals surface area contributed by atoms with E-state index >= 15 is 0 Å². The predicted molar refractivity (Wildman–Crippen MR) is 60.2 cm³/mol. The van der Waals surface area contributed by atoms with Crippen molar-refractivity contribution in [1.82, 2.24) is 4.98 Å². The third-order valence-corrected chi connectivity index (χ3v) is 4.06. The molecular formula is C11H15NO3S. The molecular weight excluding hydrogens is 226 g/mol.